The Morgan fingerprint density at radius 3 is 1.85 bits per heavy atom. The average Bonchev–Trinajstić information content (AvgIpc) is 2.40. The molecule has 1 fully saturated rings. The summed E-state index contributed by atoms with van der Waals surface area (Å²) in [6.07, 6.45) is 2.21. The van der Waals surface area contributed by atoms with Crippen molar-refractivity contribution in [2.45, 2.75) is 52.2 Å². The highest BCUT2D eigenvalue weighted by atomic mass is 32.2. The number of hydrogen-bond donors (Lipinski definition) is 2. The van der Waals surface area contributed by atoms with Gasteiger partial charge in [-0.1, -0.05) is 40.5 Å². The second-order valence-corrected chi connectivity index (χ2v) is 6.43. The predicted molar refractivity (Wildman–Crippen MR) is 80.4 cm³/mol. The van der Waals surface area contributed by atoms with E-state index in [9.17, 15) is 14.4 Å². The third-order valence-corrected chi connectivity index (χ3v) is 5.61. The Bertz CT molecular complexity index is 374. The maximum absolute atomic E-state index is 12.4. The molecule has 2 N–H and O–H groups in total. The summed E-state index contributed by atoms with van der Waals surface area (Å²) in [5.74, 6) is 0.194. The fraction of sp³-hybridized carbons (Fsp3) is 0.786. The van der Waals surface area contributed by atoms with E-state index >= 15 is 0 Å². The molecule has 1 saturated heterocycles. The standard InChI is InChI=1S/C14H24N2O3S/c1-5-9(6-2)10(20-8-4)14(7-3)11(17)15-13(19)16-12(14)18/h9-10H,5-8H2,1-4H3,(H2,15,16,17,18,19). The van der Waals surface area contributed by atoms with Gasteiger partial charge in [0.2, 0.25) is 11.8 Å². The van der Waals surface area contributed by atoms with Crippen molar-refractivity contribution < 1.29 is 14.4 Å². The van der Waals surface area contributed by atoms with E-state index in [2.05, 4.69) is 24.5 Å². The second kappa shape index (κ2) is 7.11. The molecule has 1 unspecified atom stereocenters. The SMILES string of the molecule is CCSC(C(CC)CC)C1(CC)C(=O)NC(=O)NC1=O. The number of carbonyl (C=O) groups excluding carboxylic acids is 3. The molecule has 0 bridgehead atoms. The van der Waals surface area contributed by atoms with Gasteiger partial charge < -0.3 is 0 Å². The fourth-order valence-corrected chi connectivity index (χ4v) is 4.60. The molecule has 5 nitrogen and oxygen atoms in total. The zero-order valence-corrected chi connectivity index (χ0v) is 13.4. The first-order chi connectivity index (χ1) is 9.47. The molecule has 0 aromatic carbocycles. The van der Waals surface area contributed by atoms with Crippen molar-refractivity contribution in [3.05, 3.63) is 0 Å². The summed E-state index contributed by atoms with van der Waals surface area (Å²) in [7, 11) is 0. The third kappa shape index (κ3) is 2.85. The highest BCUT2D eigenvalue weighted by Gasteiger charge is 2.55. The first-order valence-electron chi connectivity index (χ1n) is 7.26. The van der Waals surface area contributed by atoms with Crippen molar-refractivity contribution >= 4 is 29.6 Å². The Morgan fingerprint density at radius 2 is 1.50 bits per heavy atom. The van der Waals surface area contributed by atoms with Gasteiger partial charge in [-0.05, 0) is 18.1 Å². The minimum absolute atomic E-state index is 0.111. The smallest absolute Gasteiger partial charge is 0.277 e. The van der Waals surface area contributed by atoms with E-state index in [4.69, 9.17) is 0 Å². The number of barbiturate groups is 1. The molecule has 4 amide bonds. The summed E-state index contributed by atoms with van der Waals surface area (Å²) in [6.45, 7) is 8.00. The molecule has 0 spiro atoms. The van der Waals surface area contributed by atoms with E-state index in [1.54, 1.807) is 11.8 Å². The van der Waals surface area contributed by atoms with Crippen LogP contribution in [0, 0.1) is 11.3 Å². The zero-order chi connectivity index (χ0) is 15.3. The minimum atomic E-state index is -1.15. The number of hydrogen-bond acceptors (Lipinski definition) is 4. The Balaban J connectivity index is 3.25. The van der Waals surface area contributed by atoms with Crippen LogP contribution in [0.1, 0.15) is 47.0 Å². The highest BCUT2D eigenvalue weighted by molar-refractivity contribution is 8.00. The zero-order valence-electron chi connectivity index (χ0n) is 12.6. The average molecular weight is 300 g/mol. The summed E-state index contributed by atoms with van der Waals surface area (Å²) in [5.41, 5.74) is -1.15. The van der Waals surface area contributed by atoms with Crippen LogP contribution < -0.4 is 10.6 Å². The predicted octanol–water partition coefficient (Wildman–Crippen LogP) is 2.31. The van der Waals surface area contributed by atoms with E-state index in [1.807, 2.05) is 13.8 Å². The lowest BCUT2D eigenvalue weighted by molar-refractivity contribution is -0.145. The number of nitrogens with one attached hydrogen (secondary N) is 2. The molecular weight excluding hydrogens is 276 g/mol. The van der Waals surface area contributed by atoms with Crippen LogP contribution in [0.15, 0.2) is 0 Å². The van der Waals surface area contributed by atoms with Gasteiger partial charge in [0.05, 0.1) is 0 Å². The number of rotatable bonds is 7. The molecule has 114 valence electrons. The van der Waals surface area contributed by atoms with Crippen molar-refractivity contribution in [1.29, 1.82) is 0 Å². The molecule has 1 aliphatic heterocycles. The van der Waals surface area contributed by atoms with Crippen LogP contribution in [0.4, 0.5) is 4.79 Å². The monoisotopic (exact) mass is 300 g/mol. The van der Waals surface area contributed by atoms with Gasteiger partial charge in [-0.3, -0.25) is 20.2 Å². The molecule has 0 aromatic heterocycles. The summed E-state index contributed by atoms with van der Waals surface area (Å²) >= 11 is 1.64. The van der Waals surface area contributed by atoms with Gasteiger partial charge in [0.25, 0.3) is 0 Å². The molecule has 1 atom stereocenters. The number of urea groups is 1. The maximum atomic E-state index is 12.4. The van der Waals surface area contributed by atoms with Crippen LogP contribution in [0.3, 0.4) is 0 Å². The van der Waals surface area contributed by atoms with Gasteiger partial charge in [-0.2, -0.15) is 11.8 Å². The van der Waals surface area contributed by atoms with Crippen molar-refractivity contribution in [1.82, 2.24) is 10.6 Å². The third-order valence-electron chi connectivity index (χ3n) is 4.13. The lowest BCUT2D eigenvalue weighted by atomic mass is 9.72. The van der Waals surface area contributed by atoms with Gasteiger partial charge in [-0.15, -0.1) is 0 Å². The van der Waals surface area contributed by atoms with Gasteiger partial charge in [0.1, 0.15) is 5.41 Å². The largest absolute Gasteiger partial charge is 0.328 e. The normalized spacial score (nSPS) is 19.8. The van der Waals surface area contributed by atoms with Crippen molar-refractivity contribution in [3.8, 4) is 0 Å². The van der Waals surface area contributed by atoms with Crippen molar-refractivity contribution in [3.63, 3.8) is 0 Å². The van der Waals surface area contributed by atoms with Crippen LogP contribution in [-0.2, 0) is 9.59 Å². The van der Waals surface area contributed by atoms with E-state index in [1.165, 1.54) is 0 Å². The Labute approximate surface area is 124 Å². The molecule has 0 aromatic rings. The molecule has 0 radical (unpaired) electrons. The molecule has 1 aliphatic rings. The first-order valence-corrected chi connectivity index (χ1v) is 8.31. The van der Waals surface area contributed by atoms with E-state index < -0.39 is 23.3 Å². The van der Waals surface area contributed by atoms with Gasteiger partial charge in [-0.25, -0.2) is 4.79 Å². The van der Waals surface area contributed by atoms with Gasteiger partial charge >= 0.3 is 6.03 Å². The van der Waals surface area contributed by atoms with Crippen molar-refractivity contribution in [2.75, 3.05) is 5.75 Å². The molecule has 0 aliphatic carbocycles. The first kappa shape index (κ1) is 17.0. The lowest BCUT2D eigenvalue weighted by Gasteiger charge is -2.42. The summed E-state index contributed by atoms with van der Waals surface area (Å²) in [6, 6.07) is -0.714. The van der Waals surface area contributed by atoms with Crippen LogP contribution >= 0.6 is 11.8 Å². The van der Waals surface area contributed by atoms with E-state index in [0.717, 1.165) is 18.6 Å². The number of imide groups is 2. The topological polar surface area (TPSA) is 75.3 Å². The molecule has 0 saturated carbocycles. The fourth-order valence-electron chi connectivity index (χ4n) is 2.92. The summed E-state index contributed by atoms with van der Waals surface area (Å²) in [4.78, 5) is 36.1. The molecule has 1 rings (SSSR count). The quantitative estimate of drug-likeness (QED) is 0.707. The molecule has 6 heteroatoms. The maximum Gasteiger partial charge on any atom is 0.328 e. The minimum Gasteiger partial charge on any atom is -0.277 e. The second-order valence-electron chi connectivity index (χ2n) is 5.01. The van der Waals surface area contributed by atoms with Crippen molar-refractivity contribution in [2.24, 2.45) is 11.3 Å². The van der Waals surface area contributed by atoms with Crippen LogP contribution in [0.5, 0.6) is 0 Å². The Hall–Kier alpha value is -1.04. The van der Waals surface area contributed by atoms with Gasteiger partial charge in [0, 0.05) is 5.25 Å². The van der Waals surface area contributed by atoms with Crippen LogP contribution in [0.2, 0.25) is 0 Å². The summed E-state index contributed by atoms with van der Waals surface area (Å²) < 4.78 is 0. The number of amides is 4. The summed E-state index contributed by atoms with van der Waals surface area (Å²) in [5, 5.41) is 4.43. The molecule has 1 heterocycles. The van der Waals surface area contributed by atoms with Crippen LogP contribution in [0.25, 0.3) is 0 Å². The Kier molecular flexibility index (Phi) is 6.05. The Morgan fingerprint density at radius 1 is 1.00 bits per heavy atom. The van der Waals surface area contributed by atoms with E-state index in [0.29, 0.717) is 6.42 Å². The molecular formula is C14H24N2O3S. The number of thioether (sulfide) groups is 1. The van der Waals surface area contributed by atoms with Gasteiger partial charge in [0.15, 0.2) is 0 Å². The lowest BCUT2D eigenvalue weighted by Crippen LogP contribution is -2.66. The number of carbonyl (C=O) groups is 3. The highest BCUT2D eigenvalue weighted by Crippen LogP contribution is 2.43. The molecule has 20 heavy (non-hydrogen) atoms. The van der Waals surface area contributed by atoms with Crippen LogP contribution in [-0.4, -0.2) is 28.8 Å². The van der Waals surface area contributed by atoms with E-state index in [-0.39, 0.29) is 11.2 Å².